The predicted molar refractivity (Wildman–Crippen MR) is 73.6 cm³/mol. The van der Waals surface area contributed by atoms with Gasteiger partial charge in [-0.15, -0.1) is 12.4 Å². The SMILES string of the molecule is CCn1nc(C)cc1NCc1cccc(F)c1F.Cl. The Labute approximate surface area is 117 Å². The summed E-state index contributed by atoms with van der Waals surface area (Å²) in [6, 6.07) is 6.04. The molecule has 0 unspecified atom stereocenters. The molecule has 0 saturated carbocycles. The molecule has 0 aliphatic heterocycles. The van der Waals surface area contributed by atoms with Gasteiger partial charge in [-0.3, -0.25) is 0 Å². The van der Waals surface area contributed by atoms with Crippen LogP contribution in [0.4, 0.5) is 14.6 Å². The fourth-order valence-electron chi connectivity index (χ4n) is 1.80. The van der Waals surface area contributed by atoms with E-state index in [2.05, 4.69) is 10.4 Å². The molecule has 1 N–H and O–H groups in total. The first-order valence-corrected chi connectivity index (χ1v) is 5.83. The fourth-order valence-corrected chi connectivity index (χ4v) is 1.80. The summed E-state index contributed by atoms with van der Waals surface area (Å²) in [5, 5.41) is 7.33. The zero-order valence-corrected chi connectivity index (χ0v) is 11.6. The van der Waals surface area contributed by atoms with Gasteiger partial charge in [0.15, 0.2) is 11.6 Å². The Bertz CT molecular complexity index is 555. The summed E-state index contributed by atoms with van der Waals surface area (Å²) in [5.74, 6) is -0.822. The Morgan fingerprint density at radius 3 is 2.74 bits per heavy atom. The van der Waals surface area contributed by atoms with Crippen LogP contribution in [0.2, 0.25) is 0 Å². The second kappa shape index (κ2) is 6.52. The van der Waals surface area contributed by atoms with E-state index < -0.39 is 11.6 Å². The van der Waals surface area contributed by atoms with Gasteiger partial charge in [0.05, 0.1) is 5.69 Å². The smallest absolute Gasteiger partial charge is 0.163 e. The number of hydrogen-bond acceptors (Lipinski definition) is 2. The molecule has 2 rings (SSSR count). The van der Waals surface area contributed by atoms with Crippen LogP contribution in [-0.4, -0.2) is 9.78 Å². The van der Waals surface area contributed by atoms with Crippen molar-refractivity contribution < 1.29 is 8.78 Å². The lowest BCUT2D eigenvalue weighted by Crippen LogP contribution is -2.08. The van der Waals surface area contributed by atoms with Crippen LogP contribution in [0.5, 0.6) is 0 Å². The normalized spacial score (nSPS) is 10.1. The first-order chi connectivity index (χ1) is 8.61. The maximum Gasteiger partial charge on any atom is 0.163 e. The summed E-state index contributed by atoms with van der Waals surface area (Å²) in [6.45, 7) is 4.82. The van der Waals surface area contributed by atoms with E-state index >= 15 is 0 Å². The van der Waals surface area contributed by atoms with Crippen LogP contribution in [0.15, 0.2) is 24.3 Å². The van der Waals surface area contributed by atoms with Crippen molar-refractivity contribution in [2.24, 2.45) is 0 Å². The zero-order chi connectivity index (χ0) is 13.1. The van der Waals surface area contributed by atoms with Gasteiger partial charge < -0.3 is 5.32 Å². The lowest BCUT2D eigenvalue weighted by atomic mass is 10.2. The molecule has 1 heterocycles. The van der Waals surface area contributed by atoms with Crippen LogP contribution >= 0.6 is 12.4 Å². The molecular weight excluding hydrogens is 272 g/mol. The van der Waals surface area contributed by atoms with E-state index in [1.54, 1.807) is 10.7 Å². The average Bonchev–Trinajstić information content (AvgIpc) is 2.71. The molecule has 0 aliphatic rings. The quantitative estimate of drug-likeness (QED) is 0.932. The number of benzene rings is 1. The van der Waals surface area contributed by atoms with Crippen molar-refractivity contribution in [3.8, 4) is 0 Å². The first kappa shape index (κ1) is 15.4. The van der Waals surface area contributed by atoms with Crippen LogP contribution in [0, 0.1) is 18.6 Å². The summed E-state index contributed by atoms with van der Waals surface area (Å²) in [4.78, 5) is 0. The molecule has 0 amide bonds. The van der Waals surface area contributed by atoms with Crippen molar-refractivity contribution in [3.05, 3.63) is 47.2 Å². The molecule has 0 atom stereocenters. The molecule has 0 spiro atoms. The van der Waals surface area contributed by atoms with Crippen LogP contribution in [0.3, 0.4) is 0 Å². The van der Waals surface area contributed by atoms with Crippen molar-refractivity contribution in [2.75, 3.05) is 5.32 Å². The van der Waals surface area contributed by atoms with Crippen LogP contribution in [-0.2, 0) is 13.1 Å². The molecule has 19 heavy (non-hydrogen) atoms. The van der Waals surface area contributed by atoms with Gasteiger partial charge in [0.1, 0.15) is 5.82 Å². The molecule has 1 aromatic carbocycles. The Morgan fingerprint density at radius 1 is 1.32 bits per heavy atom. The van der Waals surface area contributed by atoms with Gasteiger partial charge in [0.25, 0.3) is 0 Å². The van der Waals surface area contributed by atoms with Crippen LogP contribution in [0.1, 0.15) is 18.2 Å². The van der Waals surface area contributed by atoms with Crippen molar-refractivity contribution in [2.45, 2.75) is 26.9 Å². The standard InChI is InChI=1S/C13H15F2N3.ClH/c1-3-18-12(7-9(2)17-18)16-8-10-5-4-6-11(14)13(10)15;/h4-7,16H,3,8H2,1-2H3;1H. The first-order valence-electron chi connectivity index (χ1n) is 5.83. The van der Waals surface area contributed by atoms with E-state index in [1.165, 1.54) is 6.07 Å². The lowest BCUT2D eigenvalue weighted by Gasteiger charge is -2.09. The topological polar surface area (TPSA) is 29.9 Å². The maximum absolute atomic E-state index is 13.5. The number of hydrogen-bond donors (Lipinski definition) is 1. The summed E-state index contributed by atoms with van der Waals surface area (Å²) in [6.07, 6.45) is 0. The third kappa shape index (κ3) is 3.44. The molecule has 104 valence electrons. The fraction of sp³-hybridized carbons (Fsp3) is 0.308. The zero-order valence-electron chi connectivity index (χ0n) is 10.8. The summed E-state index contributed by atoms with van der Waals surface area (Å²) in [7, 11) is 0. The predicted octanol–water partition coefficient (Wildman–Crippen LogP) is 3.52. The lowest BCUT2D eigenvalue weighted by molar-refractivity contribution is 0.500. The second-order valence-corrected chi connectivity index (χ2v) is 4.05. The minimum atomic E-state index is -0.825. The van der Waals surface area contributed by atoms with E-state index in [4.69, 9.17) is 0 Å². The minimum Gasteiger partial charge on any atom is -0.366 e. The molecule has 6 heteroatoms. The van der Waals surface area contributed by atoms with Crippen LogP contribution in [0.25, 0.3) is 0 Å². The molecule has 2 aromatic rings. The van der Waals surface area contributed by atoms with Gasteiger partial charge in [-0.25, -0.2) is 13.5 Å². The number of aryl methyl sites for hydroxylation is 2. The largest absolute Gasteiger partial charge is 0.366 e. The number of anilines is 1. The third-order valence-electron chi connectivity index (χ3n) is 2.69. The summed E-state index contributed by atoms with van der Waals surface area (Å²) >= 11 is 0. The number of aromatic nitrogens is 2. The van der Waals surface area contributed by atoms with Crippen LogP contribution < -0.4 is 5.32 Å². The van der Waals surface area contributed by atoms with Crippen molar-refractivity contribution in [1.29, 1.82) is 0 Å². The van der Waals surface area contributed by atoms with E-state index in [0.29, 0.717) is 5.56 Å². The number of halogens is 3. The molecule has 0 bridgehead atoms. The molecule has 0 radical (unpaired) electrons. The molecule has 3 nitrogen and oxygen atoms in total. The highest BCUT2D eigenvalue weighted by Crippen LogP contribution is 2.15. The Kier molecular flexibility index (Phi) is 5.30. The Morgan fingerprint density at radius 2 is 2.05 bits per heavy atom. The molecule has 0 aliphatic carbocycles. The average molecular weight is 288 g/mol. The Balaban J connectivity index is 0.00000180. The minimum absolute atomic E-state index is 0. The van der Waals surface area contributed by atoms with E-state index in [1.807, 2.05) is 19.9 Å². The van der Waals surface area contributed by atoms with E-state index in [9.17, 15) is 8.78 Å². The van der Waals surface area contributed by atoms with Gasteiger partial charge in [0, 0.05) is 24.7 Å². The van der Waals surface area contributed by atoms with Crippen molar-refractivity contribution in [3.63, 3.8) is 0 Å². The number of rotatable bonds is 4. The third-order valence-corrected chi connectivity index (χ3v) is 2.69. The highest BCUT2D eigenvalue weighted by Gasteiger charge is 2.08. The maximum atomic E-state index is 13.5. The van der Waals surface area contributed by atoms with Crippen molar-refractivity contribution in [1.82, 2.24) is 9.78 Å². The summed E-state index contributed by atoms with van der Waals surface area (Å²) < 4.78 is 28.3. The molecule has 0 fully saturated rings. The monoisotopic (exact) mass is 287 g/mol. The molecule has 1 aromatic heterocycles. The highest BCUT2D eigenvalue weighted by atomic mass is 35.5. The number of nitrogens with zero attached hydrogens (tertiary/aromatic N) is 2. The van der Waals surface area contributed by atoms with Gasteiger partial charge in [-0.2, -0.15) is 5.10 Å². The van der Waals surface area contributed by atoms with Gasteiger partial charge in [0.2, 0.25) is 0 Å². The van der Waals surface area contributed by atoms with Gasteiger partial charge >= 0.3 is 0 Å². The van der Waals surface area contributed by atoms with E-state index in [0.717, 1.165) is 24.1 Å². The van der Waals surface area contributed by atoms with E-state index in [-0.39, 0.29) is 19.0 Å². The summed E-state index contributed by atoms with van der Waals surface area (Å²) in [5.41, 5.74) is 1.19. The highest BCUT2D eigenvalue weighted by molar-refractivity contribution is 5.85. The Hall–Kier alpha value is -1.62. The molecule has 0 saturated heterocycles. The second-order valence-electron chi connectivity index (χ2n) is 4.05. The van der Waals surface area contributed by atoms with Crippen molar-refractivity contribution >= 4 is 18.2 Å². The van der Waals surface area contributed by atoms with Gasteiger partial charge in [-0.05, 0) is 19.9 Å². The van der Waals surface area contributed by atoms with Gasteiger partial charge in [-0.1, -0.05) is 12.1 Å². The number of nitrogens with one attached hydrogen (secondary N) is 1. The molecular formula is C13H16ClF2N3.